The molecule has 17 heavy (non-hydrogen) atoms. The van der Waals surface area contributed by atoms with Crippen LogP contribution in [0.15, 0.2) is 0 Å². The van der Waals surface area contributed by atoms with Crippen LogP contribution in [0.5, 0.6) is 0 Å². The zero-order chi connectivity index (χ0) is 12.8. The summed E-state index contributed by atoms with van der Waals surface area (Å²) < 4.78 is 0. The lowest BCUT2D eigenvalue weighted by Gasteiger charge is -2.40. The first-order valence-electron chi connectivity index (χ1n) is 7.50. The lowest BCUT2D eigenvalue weighted by atomic mass is 9.84. The Morgan fingerprint density at radius 2 is 1.76 bits per heavy atom. The Kier molecular flexibility index (Phi) is 6.50. The molecule has 1 unspecified atom stereocenters. The summed E-state index contributed by atoms with van der Waals surface area (Å²) in [4.78, 5) is 2.72. The van der Waals surface area contributed by atoms with Crippen LogP contribution < -0.4 is 5.73 Å². The molecule has 2 N–H and O–H groups in total. The van der Waals surface area contributed by atoms with E-state index in [1.54, 1.807) is 0 Å². The number of piperidine rings is 1. The Hall–Kier alpha value is -0.0800. The van der Waals surface area contributed by atoms with Gasteiger partial charge in [-0.05, 0) is 50.1 Å². The van der Waals surface area contributed by atoms with E-state index in [1.165, 1.54) is 38.8 Å². The first-order chi connectivity index (χ1) is 8.06. The van der Waals surface area contributed by atoms with Crippen LogP contribution in [0.1, 0.15) is 53.4 Å². The van der Waals surface area contributed by atoms with Crippen molar-refractivity contribution in [1.29, 1.82) is 0 Å². The van der Waals surface area contributed by atoms with Crippen molar-refractivity contribution >= 4 is 0 Å². The van der Waals surface area contributed by atoms with Gasteiger partial charge in [-0.3, -0.25) is 0 Å². The van der Waals surface area contributed by atoms with E-state index < -0.39 is 0 Å². The van der Waals surface area contributed by atoms with Crippen LogP contribution in [0.2, 0.25) is 0 Å². The summed E-state index contributed by atoms with van der Waals surface area (Å²) in [5, 5.41) is 0. The van der Waals surface area contributed by atoms with Crippen molar-refractivity contribution in [2.24, 2.45) is 23.5 Å². The van der Waals surface area contributed by atoms with Gasteiger partial charge in [-0.2, -0.15) is 0 Å². The second-order valence-corrected chi connectivity index (χ2v) is 6.37. The molecule has 1 aliphatic rings. The minimum atomic E-state index is 0.758. The summed E-state index contributed by atoms with van der Waals surface area (Å²) in [7, 11) is 0. The Bertz CT molecular complexity index is 191. The lowest BCUT2D eigenvalue weighted by Crippen LogP contribution is -2.45. The van der Waals surface area contributed by atoms with E-state index in [1.807, 2.05) is 0 Å². The number of hydrogen-bond acceptors (Lipinski definition) is 2. The van der Waals surface area contributed by atoms with E-state index in [2.05, 4.69) is 32.6 Å². The molecule has 0 amide bonds. The van der Waals surface area contributed by atoms with E-state index >= 15 is 0 Å². The molecule has 0 radical (unpaired) electrons. The van der Waals surface area contributed by atoms with E-state index in [4.69, 9.17) is 5.73 Å². The van der Waals surface area contributed by atoms with Gasteiger partial charge < -0.3 is 10.6 Å². The molecule has 0 saturated carbocycles. The smallest absolute Gasteiger partial charge is 0.0107 e. The van der Waals surface area contributed by atoms with E-state index in [0.717, 1.165) is 30.3 Å². The maximum absolute atomic E-state index is 5.75. The zero-order valence-corrected chi connectivity index (χ0v) is 12.3. The molecule has 2 heteroatoms. The maximum atomic E-state index is 5.75. The van der Waals surface area contributed by atoms with Crippen LogP contribution in [0.3, 0.4) is 0 Å². The highest BCUT2D eigenvalue weighted by Gasteiger charge is 2.26. The fourth-order valence-electron chi connectivity index (χ4n) is 3.28. The van der Waals surface area contributed by atoms with Crippen molar-refractivity contribution in [2.75, 3.05) is 19.6 Å². The molecule has 0 spiro atoms. The molecule has 0 bridgehead atoms. The number of hydrogen-bond donors (Lipinski definition) is 1. The van der Waals surface area contributed by atoms with Crippen molar-refractivity contribution in [3.05, 3.63) is 0 Å². The number of rotatable bonds is 6. The van der Waals surface area contributed by atoms with E-state index in [-0.39, 0.29) is 0 Å². The van der Waals surface area contributed by atoms with Gasteiger partial charge in [0.1, 0.15) is 0 Å². The molecule has 1 fully saturated rings. The molecule has 2 nitrogen and oxygen atoms in total. The average molecular weight is 240 g/mol. The van der Waals surface area contributed by atoms with Gasteiger partial charge in [0.05, 0.1) is 0 Å². The summed E-state index contributed by atoms with van der Waals surface area (Å²) >= 11 is 0. The van der Waals surface area contributed by atoms with Gasteiger partial charge in [-0.1, -0.05) is 34.1 Å². The molecule has 1 rings (SSSR count). The number of nitrogens with zero attached hydrogens (tertiary/aromatic N) is 1. The van der Waals surface area contributed by atoms with Gasteiger partial charge in [0.2, 0.25) is 0 Å². The predicted octanol–water partition coefficient (Wildman–Crippen LogP) is 3.12. The van der Waals surface area contributed by atoms with Gasteiger partial charge >= 0.3 is 0 Å². The molecular formula is C15H32N2. The molecule has 1 aliphatic heterocycles. The summed E-state index contributed by atoms with van der Waals surface area (Å²) in [5.41, 5.74) is 5.75. The van der Waals surface area contributed by atoms with Crippen molar-refractivity contribution < 1.29 is 0 Å². The second kappa shape index (κ2) is 7.38. The standard InChI is InChI=1S/C15H32N2/c1-12(2)15(13(3)4)11-17-10-6-5-7-14(17)8-9-16/h12-15H,5-11,16H2,1-4H3. The van der Waals surface area contributed by atoms with Gasteiger partial charge in [-0.25, -0.2) is 0 Å². The molecule has 1 atom stereocenters. The van der Waals surface area contributed by atoms with Crippen LogP contribution in [0.25, 0.3) is 0 Å². The van der Waals surface area contributed by atoms with Crippen molar-refractivity contribution in [3.63, 3.8) is 0 Å². The highest BCUT2D eigenvalue weighted by Crippen LogP contribution is 2.26. The first kappa shape index (κ1) is 15.0. The SMILES string of the molecule is CC(C)C(CN1CCCCC1CCN)C(C)C. The second-order valence-electron chi connectivity index (χ2n) is 6.37. The molecule has 0 aliphatic carbocycles. The Morgan fingerprint density at radius 1 is 1.12 bits per heavy atom. The molecule has 1 heterocycles. The number of likely N-dealkylation sites (tertiary alicyclic amines) is 1. The van der Waals surface area contributed by atoms with Crippen LogP contribution in [-0.2, 0) is 0 Å². The summed E-state index contributed by atoms with van der Waals surface area (Å²) in [6.07, 6.45) is 5.32. The summed E-state index contributed by atoms with van der Waals surface area (Å²) in [6.45, 7) is 12.9. The molecule has 102 valence electrons. The average Bonchev–Trinajstić information content (AvgIpc) is 2.27. The minimum absolute atomic E-state index is 0.758. The quantitative estimate of drug-likeness (QED) is 0.773. The predicted molar refractivity (Wildman–Crippen MR) is 76.0 cm³/mol. The first-order valence-corrected chi connectivity index (χ1v) is 7.50. The van der Waals surface area contributed by atoms with Gasteiger partial charge in [0, 0.05) is 12.6 Å². The fraction of sp³-hybridized carbons (Fsp3) is 1.00. The normalized spacial score (nSPS) is 22.9. The topological polar surface area (TPSA) is 29.3 Å². The van der Waals surface area contributed by atoms with Crippen molar-refractivity contribution in [3.8, 4) is 0 Å². The van der Waals surface area contributed by atoms with Gasteiger partial charge in [0.25, 0.3) is 0 Å². The molecule has 0 aromatic carbocycles. The fourth-order valence-corrected chi connectivity index (χ4v) is 3.28. The van der Waals surface area contributed by atoms with Crippen LogP contribution in [0, 0.1) is 17.8 Å². The molecular weight excluding hydrogens is 208 g/mol. The third-order valence-corrected chi connectivity index (χ3v) is 4.41. The number of nitrogens with two attached hydrogens (primary N) is 1. The minimum Gasteiger partial charge on any atom is -0.330 e. The van der Waals surface area contributed by atoms with Crippen molar-refractivity contribution in [1.82, 2.24) is 4.90 Å². The van der Waals surface area contributed by atoms with Crippen molar-refractivity contribution in [2.45, 2.75) is 59.4 Å². The Morgan fingerprint density at radius 3 is 2.29 bits per heavy atom. The Balaban J connectivity index is 2.55. The lowest BCUT2D eigenvalue weighted by molar-refractivity contribution is 0.0911. The van der Waals surface area contributed by atoms with Gasteiger partial charge in [0.15, 0.2) is 0 Å². The molecule has 0 aromatic heterocycles. The summed E-state index contributed by atoms with van der Waals surface area (Å²) in [5.74, 6) is 2.40. The third kappa shape index (κ3) is 4.59. The highest BCUT2D eigenvalue weighted by atomic mass is 15.2. The van der Waals surface area contributed by atoms with Gasteiger partial charge in [-0.15, -0.1) is 0 Å². The maximum Gasteiger partial charge on any atom is 0.0107 e. The van der Waals surface area contributed by atoms with Crippen LogP contribution in [-0.4, -0.2) is 30.6 Å². The largest absolute Gasteiger partial charge is 0.330 e. The van der Waals surface area contributed by atoms with E-state index in [9.17, 15) is 0 Å². The van der Waals surface area contributed by atoms with Crippen LogP contribution >= 0.6 is 0 Å². The monoisotopic (exact) mass is 240 g/mol. The zero-order valence-electron chi connectivity index (χ0n) is 12.3. The molecule has 0 aromatic rings. The van der Waals surface area contributed by atoms with Crippen LogP contribution in [0.4, 0.5) is 0 Å². The third-order valence-electron chi connectivity index (χ3n) is 4.41. The van der Waals surface area contributed by atoms with E-state index in [0.29, 0.717) is 0 Å². The molecule has 1 saturated heterocycles. The highest BCUT2D eigenvalue weighted by molar-refractivity contribution is 4.81. The Labute approximate surface area is 108 Å². The summed E-state index contributed by atoms with van der Waals surface area (Å²) in [6, 6.07) is 0.758.